The molecule has 1 fully saturated rings. The number of piperazine rings is 1. The van der Waals surface area contributed by atoms with E-state index >= 15 is 0 Å². The molecule has 1 aliphatic rings. The van der Waals surface area contributed by atoms with Crippen molar-refractivity contribution in [2.75, 3.05) is 65.0 Å². The summed E-state index contributed by atoms with van der Waals surface area (Å²) in [4.78, 5) is 21.5. The molecule has 0 aliphatic carbocycles. The van der Waals surface area contributed by atoms with Crippen LogP contribution in [0, 0.1) is 0 Å². The summed E-state index contributed by atoms with van der Waals surface area (Å²) in [5.74, 6) is 1.85. The highest BCUT2D eigenvalue weighted by molar-refractivity contribution is 7.22. The quantitative estimate of drug-likeness (QED) is 0.493. The Morgan fingerprint density at radius 2 is 1.85 bits per heavy atom. The Hall–Kier alpha value is -2.75. The highest BCUT2D eigenvalue weighted by Crippen LogP contribution is 2.40. The fourth-order valence-electron chi connectivity index (χ4n) is 3.68. The lowest BCUT2D eigenvalue weighted by molar-refractivity contribution is -0.123. The summed E-state index contributed by atoms with van der Waals surface area (Å²) in [5.41, 5.74) is 0.836. The van der Waals surface area contributed by atoms with Crippen LogP contribution < -0.4 is 24.4 Å². The zero-order chi connectivity index (χ0) is 23.2. The number of amides is 1. The molecule has 2 aromatic carbocycles. The molecule has 4 rings (SSSR count). The van der Waals surface area contributed by atoms with Crippen molar-refractivity contribution in [3.8, 4) is 17.2 Å². The van der Waals surface area contributed by atoms with Gasteiger partial charge in [0.15, 0.2) is 23.2 Å². The van der Waals surface area contributed by atoms with E-state index in [2.05, 4.69) is 15.1 Å². The fourth-order valence-corrected chi connectivity index (χ4v) is 4.82. The molecule has 1 amide bonds. The Balaban J connectivity index is 1.21. The van der Waals surface area contributed by atoms with Gasteiger partial charge in [-0.15, -0.1) is 0 Å². The number of aromatic nitrogens is 1. The molecule has 1 aromatic heterocycles. The zero-order valence-corrected chi connectivity index (χ0v) is 20.2. The molecule has 3 aromatic rings. The van der Waals surface area contributed by atoms with E-state index in [1.807, 2.05) is 12.1 Å². The second-order valence-corrected chi connectivity index (χ2v) is 9.01. The molecular formula is C23H27ClN4O4S. The van der Waals surface area contributed by atoms with Crippen molar-refractivity contribution in [1.29, 1.82) is 0 Å². The SMILES string of the molecule is COc1ccc2sc(N3CCN(CCNC(=O)COc4ccc(Cl)cc4)CC3)nc2c1OC. The van der Waals surface area contributed by atoms with Gasteiger partial charge in [-0.3, -0.25) is 9.69 Å². The zero-order valence-electron chi connectivity index (χ0n) is 18.7. The predicted molar refractivity (Wildman–Crippen MR) is 131 cm³/mol. The van der Waals surface area contributed by atoms with Crippen LogP contribution in [0.5, 0.6) is 17.2 Å². The van der Waals surface area contributed by atoms with Crippen molar-refractivity contribution >= 4 is 44.2 Å². The fraction of sp³-hybridized carbons (Fsp3) is 0.391. The third-order valence-electron chi connectivity index (χ3n) is 5.47. The number of methoxy groups -OCH3 is 2. The number of carbonyl (C=O) groups is 1. The highest BCUT2D eigenvalue weighted by Gasteiger charge is 2.21. The van der Waals surface area contributed by atoms with Gasteiger partial charge in [-0.2, -0.15) is 0 Å². The van der Waals surface area contributed by atoms with Gasteiger partial charge in [0.2, 0.25) is 0 Å². The molecule has 0 saturated carbocycles. The smallest absolute Gasteiger partial charge is 0.257 e. The molecule has 0 bridgehead atoms. The van der Waals surface area contributed by atoms with Crippen LogP contribution >= 0.6 is 22.9 Å². The number of hydrogen-bond donors (Lipinski definition) is 1. The first-order valence-corrected chi connectivity index (χ1v) is 11.9. The lowest BCUT2D eigenvalue weighted by Crippen LogP contribution is -2.48. The van der Waals surface area contributed by atoms with Crippen molar-refractivity contribution in [3.63, 3.8) is 0 Å². The number of fused-ring (bicyclic) bond motifs is 1. The normalized spacial score (nSPS) is 14.3. The van der Waals surface area contributed by atoms with E-state index in [1.165, 1.54) is 0 Å². The summed E-state index contributed by atoms with van der Waals surface area (Å²) in [6.07, 6.45) is 0. The molecule has 176 valence electrons. The Morgan fingerprint density at radius 3 is 2.55 bits per heavy atom. The Kier molecular flexibility index (Phi) is 7.74. The average molecular weight is 491 g/mol. The molecule has 1 aliphatic heterocycles. The van der Waals surface area contributed by atoms with Gasteiger partial charge >= 0.3 is 0 Å². The van der Waals surface area contributed by atoms with Crippen LogP contribution in [0.25, 0.3) is 10.2 Å². The number of rotatable bonds is 9. The van der Waals surface area contributed by atoms with Crippen molar-refractivity contribution < 1.29 is 19.0 Å². The number of ether oxygens (including phenoxy) is 3. The summed E-state index contributed by atoms with van der Waals surface area (Å²) in [6.45, 7) is 4.95. The molecule has 2 heterocycles. The van der Waals surface area contributed by atoms with E-state index in [-0.39, 0.29) is 12.5 Å². The Bertz CT molecular complexity index is 1080. The van der Waals surface area contributed by atoms with Crippen LogP contribution in [0.2, 0.25) is 5.02 Å². The third-order valence-corrected chi connectivity index (χ3v) is 6.80. The molecule has 33 heavy (non-hydrogen) atoms. The largest absolute Gasteiger partial charge is 0.493 e. The maximum atomic E-state index is 12.0. The molecule has 0 spiro atoms. The number of carbonyl (C=O) groups excluding carboxylic acids is 1. The maximum absolute atomic E-state index is 12.0. The first kappa shape index (κ1) is 23.4. The number of nitrogens with one attached hydrogen (secondary N) is 1. The summed E-state index contributed by atoms with van der Waals surface area (Å²) in [7, 11) is 3.27. The van der Waals surface area contributed by atoms with Crippen LogP contribution in [0.15, 0.2) is 36.4 Å². The van der Waals surface area contributed by atoms with Crippen LogP contribution in [-0.2, 0) is 4.79 Å². The van der Waals surface area contributed by atoms with Gasteiger partial charge in [0.05, 0.1) is 18.9 Å². The van der Waals surface area contributed by atoms with Gasteiger partial charge in [-0.05, 0) is 36.4 Å². The molecule has 1 N–H and O–H groups in total. The molecular weight excluding hydrogens is 464 g/mol. The van der Waals surface area contributed by atoms with Gasteiger partial charge in [0.1, 0.15) is 11.3 Å². The van der Waals surface area contributed by atoms with E-state index < -0.39 is 0 Å². The Labute approximate surface area is 202 Å². The average Bonchev–Trinajstić information content (AvgIpc) is 3.28. The molecule has 0 unspecified atom stereocenters. The number of anilines is 1. The monoisotopic (exact) mass is 490 g/mol. The van der Waals surface area contributed by atoms with Gasteiger partial charge in [-0.1, -0.05) is 22.9 Å². The third kappa shape index (κ3) is 5.79. The number of hydrogen-bond acceptors (Lipinski definition) is 8. The predicted octanol–water partition coefficient (Wildman–Crippen LogP) is 3.28. The highest BCUT2D eigenvalue weighted by atomic mass is 35.5. The summed E-state index contributed by atoms with van der Waals surface area (Å²) in [6, 6.07) is 10.9. The van der Waals surface area contributed by atoms with Gasteiger partial charge in [-0.25, -0.2) is 4.98 Å². The van der Waals surface area contributed by atoms with Crippen LogP contribution in [0.3, 0.4) is 0 Å². The molecule has 1 saturated heterocycles. The minimum Gasteiger partial charge on any atom is -0.493 e. The second-order valence-electron chi connectivity index (χ2n) is 7.57. The number of nitrogens with zero attached hydrogens (tertiary/aromatic N) is 3. The van der Waals surface area contributed by atoms with Crippen molar-refractivity contribution in [2.45, 2.75) is 0 Å². The van der Waals surface area contributed by atoms with Crippen LogP contribution in [0.4, 0.5) is 5.13 Å². The van der Waals surface area contributed by atoms with Gasteiger partial charge in [0.25, 0.3) is 5.91 Å². The van der Waals surface area contributed by atoms with Crippen LogP contribution in [0.1, 0.15) is 0 Å². The first-order valence-electron chi connectivity index (χ1n) is 10.7. The number of benzene rings is 2. The first-order chi connectivity index (χ1) is 16.1. The molecule has 10 heteroatoms. The molecule has 0 atom stereocenters. The van der Waals surface area contributed by atoms with E-state index in [1.54, 1.807) is 49.8 Å². The standard InChI is InChI=1S/C23H27ClN4O4S/c1-30-18-7-8-19-21(22(18)31-2)26-23(33-19)28-13-11-27(12-14-28)10-9-25-20(29)15-32-17-5-3-16(24)4-6-17/h3-8H,9-15H2,1-2H3,(H,25,29). The molecule has 0 radical (unpaired) electrons. The van der Waals surface area contributed by atoms with E-state index in [0.29, 0.717) is 28.8 Å². The molecule has 8 nitrogen and oxygen atoms in total. The van der Waals surface area contributed by atoms with Crippen LogP contribution in [-0.4, -0.2) is 75.9 Å². The van der Waals surface area contributed by atoms with E-state index in [0.717, 1.165) is 48.1 Å². The van der Waals surface area contributed by atoms with Crippen molar-refractivity contribution in [1.82, 2.24) is 15.2 Å². The van der Waals surface area contributed by atoms with Gasteiger partial charge < -0.3 is 24.4 Å². The lowest BCUT2D eigenvalue weighted by atomic mass is 10.3. The van der Waals surface area contributed by atoms with Crippen molar-refractivity contribution in [2.24, 2.45) is 0 Å². The minimum atomic E-state index is -0.137. The summed E-state index contributed by atoms with van der Waals surface area (Å²) >= 11 is 7.51. The second kappa shape index (κ2) is 10.9. The topological polar surface area (TPSA) is 76.2 Å². The Morgan fingerprint density at radius 1 is 1.09 bits per heavy atom. The minimum absolute atomic E-state index is 0.0126. The number of thiazole rings is 1. The van der Waals surface area contributed by atoms with Crippen molar-refractivity contribution in [3.05, 3.63) is 41.4 Å². The van der Waals surface area contributed by atoms with E-state index in [4.69, 9.17) is 30.8 Å². The lowest BCUT2D eigenvalue weighted by Gasteiger charge is -2.34. The number of halogens is 1. The maximum Gasteiger partial charge on any atom is 0.257 e. The van der Waals surface area contributed by atoms with Gasteiger partial charge in [0, 0.05) is 44.3 Å². The summed E-state index contributed by atoms with van der Waals surface area (Å²) in [5, 5.41) is 4.54. The summed E-state index contributed by atoms with van der Waals surface area (Å²) < 4.78 is 17.5. The van der Waals surface area contributed by atoms with E-state index in [9.17, 15) is 4.79 Å².